The number of anilines is 1. The van der Waals surface area contributed by atoms with E-state index in [4.69, 9.17) is 0 Å². The Labute approximate surface area is 219 Å². The molecule has 0 radical (unpaired) electrons. The number of halogens is 1. The van der Waals surface area contributed by atoms with Gasteiger partial charge in [0.2, 0.25) is 0 Å². The number of benzene rings is 1. The van der Waals surface area contributed by atoms with Crippen LogP contribution in [0.2, 0.25) is 0 Å². The Kier molecular flexibility index (Phi) is 6.90. The first kappa shape index (κ1) is 24.8. The van der Waals surface area contributed by atoms with Crippen molar-refractivity contribution in [3.05, 3.63) is 118 Å². The molecule has 2 unspecified atom stereocenters. The minimum absolute atomic E-state index is 0.138. The molecular formula is C29H26FN7O. The maximum absolute atomic E-state index is 14.5. The van der Waals surface area contributed by atoms with Crippen LogP contribution in [-0.2, 0) is 0 Å². The molecule has 190 valence electrons. The summed E-state index contributed by atoms with van der Waals surface area (Å²) in [5.74, 6) is 0.0770. The van der Waals surface area contributed by atoms with Crippen molar-refractivity contribution in [3.8, 4) is 0 Å². The molecule has 0 aliphatic carbocycles. The summed E-state index contributed by atoms with van der Waals surface area (Å²) in [5, 5.41) is 6.96. The Morgan fingerprint density at radius 1 is 1.03 bits per heavy atom. The predicted octanol–water partition coefficient (Wildman–Crippen LogP) is 4.81. The summed E-state index contributed by atoms with van der Waals surface area (Å²) >= 11 is 0. The third-order valence-corrected chi connectivity index (χ3v) is 6.54. The fraction of sp³-hybridized carbons (Fsp3) is 0.138. The van der Waals surface area contributed by atoms with Crippen LogP contribution in [0.4, 0.5) is 15.9 Å². The number of hydrogen-bond acceptors (Lipinski definition) is 5. The van der Waals surface area contributed by atoms with E-state index in [0.717, 1.165) is 28.2 Å². The number of pyridine rings is 3. The highest BCUT2D eigenvalue weighted by Gasteiger charge is 2.43. The molecule has 0 saturated heterocycles. The Morgan fingerprint density at radius 2 is 1.79 bits per heavy atom. The minimum atomic E-state index is -0.708. The molecule has 3 aromatic heterocycles. The molecule has 0 saturated carbocycles. The van der Waals surface area contributed by atoms with Crippen LogP contribution in [0, 0.1) is 5.82 Å². The number of H-pyrrole nitrogens is 1. The number of nitrogens with zero attached hydrogens (tertiary/aromatic N) is 4. The van der Waals surface area contributed by atoms with Gasteiger partial charge in [0.25, 0.3) is 0 Å². The molecule has 0 bridgehead atoms. The van der Waals surface area contributed by atoms with Crippen LogP contribution in [0.5, 0.6) is 0 Å². The number of aliphatic imine (C=N–C) groups is 2. The Hall–Kier alpha value is -4.92. The lowest BCUT2D eigenvalue weighted by molar-refractivity contribution is 0.496. The van der Waals surface area contributed by atoms with Gasteiger partial charge in [0.15, 0.2) is 5.43 Å². The van der Waals surface area contributed by atoms with Crippen molar-refractivity contribution >= 4 is 35.3 Å². The fourth-order valence-corrected chi connectivity index (χ4v) is 4.53. The molecular weight excluding hydrogens is 481 g/mol. The maximum atomic E-state index is 14.5. The zero-order valence-corrected chi connectivity index (χ0v) is 20.9. The van der Waals surface area contributed by atoms with Crippen LogP contribution in [0.25, 0.3) is 11.1 Å². The maximum Gasteiger partial charge on any atom is 0.183 e. The van der Waals surface area contributed by atoms with Crippen molar-refractivity contribution in [1.29, 1.82) is 0 Å². The topological polar surface area (TPSA) is 107 Å². The van der Waals surface area contributed by atoms with E-state index in [1.165, 1.54) is 36.8 Å². The fourth-order valence-electron chi connectivity index (χ4n) is 4.53. The van der Waals surface area contributed by atoms with Gasteiger partial charge in [-0.05, 0) is 56.3 Å². The highest BCUT2D eigenvalue weighted by Crippen LogP contribution is 2.47. The summed E-state index contributed by atoms with van der Waals surface area (Å²) in [4.78, 5) is 32.0. The quantitative estimate of drug-likeness (QED) is 0.246. The lowest BCUT2D eigenvalue weighted by atomic mass is 9.74. The third-order valence-electron chi connectivity index (χ3n) is 6.54. The van der Waals surface area contributed by atoms with E-state index >= 15 is 0 Å². The van der Waals surface area contributed by atoms with Crippen molar-refractivity contribution in [3.63, 3.8) is 0 Å². The number of fused-ring (bicyclic) bond motifs is 1. The third kappa shape index (κ3) is 4.99. The second kappa shape index (κ2) is 10.6. The molecule has 9 heteroatoms. The van der Waals surface area contributed by atoms with Gasteiger partial charge in [0.05, 0.1) is 29.3 Å². The van der Waals surface area contributed by atoms with Gasteiger partial charge in [-0.3, -0.25) is 14.8 Å². The molecule has 3 N–H and O–H groups in total. The molecule has 0 amide bonds. The highest BCUT2D eigenvalue weighted by molar-refractivity contribution is 6.06. The first-order valence-electron chi connectivity index (χ1n) is 12.1. The van der Waals surface area contributed by atoms with Crippen LogP contribution in [0.1, 0.15) is 30.8 Å². The average Bonchev–Trinajstić information content (AvgIpc) is 2.93. The summed E-state index contributed by atoms with van der Waals surface area (Å²) in [6, 6.07) is 18.7. The molecule has 8 nitrogen and oxygen atoms in total. The molecule has 1 aromatic carbocycles. The van der Waals surface area contributed by atoms with E-state index in [9.17, 15) is 9.18 Å². The van der Waals surface area contributed by atoms with Gasteiger partial charge in [0.1, 0.15) is 18.0 Å². The first-order chi connectivity index (χ1) is 18.5. The SMILES string of the molecule is CC(N/C=N/C=N\c1cc(=O)cc[nH]1)C1(C)Nc2ccc(F)cc2C(c2ccccn2)=C1c1ccccn1. The summed E-state index contributed by atoms with van der Waals surface area (Å²) < 4.78 is 14.5. The van der Waals surface area contributed by atoms with E-state index in [1.807, 2.05) is 43.3 Å². The second-order valence-corrected chi connectivity index (χ2v) is 9.02. The molecule has 38 heavy (non-hydrogen) atoms. The van der Waals surface area contributed by atoms with Crippen LogP contribution >= 0.6 is 0 Å². The molecule has 4 aromatic rings. The van der Waals surface area contributed by atoms with Crippen molar-refractivity contribution in [2.24, 2.45) is 9.98 Å². The summed E-state index contributed by atoms with van der Waals surface area (Å²) in [6.07, 6.45) is 7.91. The summed E-state index contributed by atoms with van der Waals surface area (Å²) in [7, 11) is 0. The van der Waals surface area contributed by atoms with Gasteiger partial charge >= 0.3 is 0 Å². The highest BCUT2D eigenvalue weighted by atomic mass is 19.1. The summed E-state index contributed by atoms with van der Waals surface area (Å²) in [5.41, 5.74) is 3.80. The number of aromatic nitrogens is 3. The molecule has 5 rings (SSSR count). The van der Waals surface area contributed by atoms with Gasteiger partial charge < -0.3 is 15.6 Å². The lowest BCUT2D eigenvalue weighted by Gasteiger charge is -2.44. The second-order valence-electron chi connectivity index (χ2n) is 9.02. The predicted molar refractivity (Wildman–Crippen MR) is 149 cm³/mol. The Balaban J connectivity index is 1.57. The zero-order valence-electron chi connectivity index (χ0n) is 20.9. The summed E-state index contributed by atoms with van der Waals surface area (Å²) in [6.45, 7) is 4.10. The standard InChI is InChI=1S/C29H26FN7O/c1-19(35-17-31-18-36-26-16-21(38)11-14-34-26)29(2)28(25-8-4-6-13-33-25)27(24-7-3-5-12-32-24)22-15-20(30)9-10-23(22)37-29/h3-19,37H,1-2H3,(H2,31,34,35,36,38). The number of rotatable bonds is 7. The monoisotopic (exact) mass is 507 g/mol. The van der Waals surface area contributed by atoms with Crippen molar-refractivity contribution in [2.75, 3.05) is 5.32 Å². The van der Waals surface area contributed by atoms with E-state index in [1.54, 1.807) is 24.8 Å². The van der Waals surface area contributed by atoms with E-state index in [2.05, 4.69) is 42.5 Å². The van der Waals surface area contributed by atoms with E-state index in [-0.39, 0.29) is 17.3 Å². The van der Waals surface area contributed by atoms with Gasteiger partial charge in [0, 0.05) is 53.1 Å². The van der Waals surface area contributed by atoms with Gasteiger partial charge in [-0.1, -0.05) is 12.1 Å². The first-order valence-corrected chi connectivity index (χ1v) is 12.1. The number of nitrogens with one attached hydrogen (secondary N) is 3. The largest absolute Gasteiger partial charge is 0.373 e. The van der Waals surface area contributed by atoms with Crippen molar-refractivity contribution in [2.45, 2.75) is 25.4 Å². The van der Waals surface area contributed by atoms with Crippen molar-refractivity contribution < 1.29 is 4.39 Å². The van der Waals surface area contributed by atoms with Crippen LogP contribution in [0.15, 0.2) is 100 Å². The van der Waals surface area contributed by atoms with E-state index in [0.29, 0.717) is 11.4 Å². The molecule has 1 aliphatic rings. The van der Waals surface area contributed by atoms with Gasteiger partial charge in [-0.15, -0.1) is 0 Å². The zero-order chi connectivity index (χ0) is 26.5. The molecule has 0 fully saturated rings. The number of aromatic amines is 1. The molecule has 1 aliphatic heterocycles. The van der Waals surface area contributed by atoms with Crippen LogP contribution in [-0.4, -0.2) is 39.2 Å². The van der Waals surface area contributed by atoms with E-state index < -0.39 is 5.54 Å². The average molecular weight is 508 g/mol. The lowest BCUT2D eigenvalue weighted by Crippen LogP contribution is -2.54. The molecule has 4 heterocycles. The molecule has 0 spiro atoms. The van der Waals surface area contributed by atoms with Gasteiger partial charge in [-0.25, -0.2) is 14.4 Å². The Morgan fingerprint density at radius 3 is 2.50 bits per heavy atom. The molecule has 2 atom stereocenters. The van der Waals surface area contributed by atoms with Crippen LogP contribution in [0.3, 0.4) is 0 Å². The normalized spacial score (nSPS) is 17.9. The number of hydrogen-bond donors (Lipinski definition) is 3. The Bertz CT molecular complexity index is 1580. The van der Waals surface area contributed by atoms with Gasteiger partial charge in [-0.2, -0.15) is 0 Å². The minimum Gasteiger partial charge on any atom is -0.373 e. The smallest absolute Gasteiger partial charge is 0.183 e. The van der Waals surface area contributed by atoms with Crippen molar-refractivity contribution in [1.82, 2.24) is 20.3 Å². The van der Waals surface area contributed by atoms with Crippen LogP contribution < -0.4 is 16.1 Å².